The average Bonchev–Trinajstić information content (AvgIpc) is 4.22. The van der Waals surface area contributed by atoms with Gasteiger partial charge >= 0.3 is 24.0 Å². The monoisotopic (exact) mass is 1340 g/mol. The van der Waals surface area contributed by atoms with E-state index in [2.05, 4.69) is 21.3 Å². The molecule has 0 spiro atoms. The van der Waals surface area contributed by atoms with Gasteiger partial charge in [0, 0.05) is 38.8 Å². The second kappa shape index (κ2) is 33.9. The lowest BCUT2D eigenvalue weighted by molar-refractivity contribution is -0.143. The lowest BCUT2D eigenvalue weighted by Crippen LogP contribution is -2.43. The molecular weight excluding hydrogens is 1280 g/mol. The Morgan fingerprint density at radius 1 is 0.517 bits per heavy atom. The normalized spacial score (nSPS) is 15.2. The number of esters is 3. The zero-order valence-corrected chi connectivity index (χ0v) is 53.9. The number of phenolic OH excluding ortho intramolecular Hbond substituents is 1. The molecule has 0 aliphatic carbocycles. The minimum atomic E-state index is -0.946. The molecule has 6 aromatic carbocycles. The average molecular weight is 1340 g/mol. The van der Waals surface area contributed by atoms with Gasteiger partial charge in [0.05, 0.1) is 74.7 Å². The first-order valence-electron chi connectivity index (χ1n) is 27.8. The van der Waals surface area contributed by atoms with Crippen LogP contribution < -0.4 is 30.7 Å². The lowest BCUT2D eigenvalue weighted by Gasteiger charge is -2.24. The highest BCUT2D eigenvalue weighted by molar-refractivity contribution is 6.41. The Morgan fingerprint density at radius 2 is 0.854 bits per heavy atom. The Bertz CT molecular complexity index is 3360. The van der Waals surface area contributed by atoms with Crippen molar-refractivity contribution < 1.29 is 67.1 Å². The molecule has 89 heavy (non-hydrogen) atoms. The van der Waals surface area contributed by atoms with Crippen LogP contribution in [0.15, 0.2) is 127 Å². The summed E-state index contributed by atoms with van der Waals surface area (Å²) in [5, 5.41) is 21.6. The molecule has 2 fully saturated rings. The summed E-state index contributed by atoms with van der Waals surface area (Å²) in [6, 6.07) is 32.4. The van der Waals surface area contributed by atoms with Crippen molar-refractivity contribution in [2.24, 2.45) is 0 Å². The molecule has 0 aromatic heterocycles. The molecule has 5 atom stereocenters. The van der Waals surface area contributed by atoms with Gasteiger partial charge in [-0.15, -0.1) is 0 Å². The largest absolute Gasteiger partial charge is 0.508 e. The Kier molecular flexibility index (Phi) is 26.9. The second-order valence-corrected chi connectivity index (χ2v) is 23.6. The predicted molar refractivity (Wildman–Crippen MR) is 340 cm³/mol. The van der Waals surface area contributed by atoms with E-state index in [-0.39, 0.29) is 90.1 Å². The molecule has 2 aliphatic heterocycles. The number of carbonyl (C=O) groups excluding carboxylic acids is 7. The molecule has 0 saturated carbocycles. The number of halogens is 6. The van der Waals surface area contributed by atoms with E-state index in [1.807, 2.05) is 45.0 Å². The summed E-state index contributed by atoms with van der Waals surface area (Å²) < 4.78 is 31.8. The number of benzene rings is 6. The van der Waals surface area contributed by atoms with E-state index >= 15 is 0 Å². The number of ether oxygens (including phenoxy) is 6. The van der Waals surface area contributed by atoms with Gasteiger partial charge in [-0.05, 0) is 123 Å². The van der Waals surface area contributed by atoms with Gasteiger partial charge in [0.1, 0.15) is 53.2 Å². The summed E-state index contributed by atoms with van der Waals surface area (Å²) in [5.74, 6) is -1.92. The lowest BCUT2D eigenvalue weighted by atomic mass is 10.0. The molecule has 5 N–H and O–H groups in total. The number of phenols is 1. The number of rotatable bonds is 19. The maximum atomic E-state index is 12.8. The summed E-state index contributed by atoms with van der Waals surface area (Å²) in [6.07, 6.45) is 1.99. The van der Waals surface area contributed by atoms with Gasteiger partial charge in [-0.25, -0.2) is 19.2 Å². The zero-order chi connectivity index (χ0) is 65.0. The minimum absolute atomic E-state index is 0.0930. The van der Waals surface area contributed by atoms with Crippen LogP contribution in [0.25, 0.3) is 0 Å². The number of nitrogens with one attached hydrogen (secondary N) is 4. The van der Waals surface area contributed by atoms with E-state index in [1.54, 1.807) is 83.8 Å². The fourth-order valence-electron chi connectivity index (χ4n) is 9.02. The van der Waals surface area contributed by atoms with Crippen molar-refractivity contribution in [1.29, 1.82) is 0 Å². The van der Waals surface area contributed by atoms with Crippen LogP contribution in [-0.4, -0.2) is 135 Å². The molecule has 0 bridgehead atoms. The fraction of sp³-hybridized carbons (Fsp3) is 0.328. The van der Waals surface area contributed by atoms with E-state index in [9.17, 15) is 38.7 Å². The molecule has 2 saturated heterocycles. The number of hydrogen-bond acceptors (Lipinski definition) is 15. The van der Waals surface area contributed by atoms with Crippen LogP contribution in [0.2, 0.25) is 30.1 Å². The number of nitrogens with zero attached hydrogens (tertiary/aromatic N) is 1. The minimum Gasteiger partial charge on any atom is -0.508 e. The first-order chi connectivity index (χ1) is 42.4. The van der Waals surface area contributed by atoms with Gasteiger partial charge in [-0.2, -0.15) is 0 Å². The Hall–Kier alpha value is -7.49. The fourth-order valence-corrected chi connectivity index (χ4v) is 10.7. The van der Waals surface area contributed by atoms with Crippen LogP contribution in [0, 0.1) is 0 Å². The van der Waals surface area contributed by atoms with Gasteiger partial charge in [0.25, 0.3) is 17.7 Å². The highest BCUT2D eigenvalue weighted by Gasteiger charge is 2.32. The molecule has 4 amide bonds. The third-order valence-electron chi connectivity index (χ3n) is 13.5. The number of hydrogen-bond donors (Lipinski definition) is 5. The maximum Gasteiger partial charge on any atom is 0.410 e. The Labute approximate surface area is 545 Å². The van der Waals surface area contributed by atoms with Crippen LogP contribution in [0.4, 0.5) is 4.79 Å². The van der Waals surface area contributed by atoms with Crippen molar-refractivity contribution in [1.82, 2.24) is 26.2 Å². The summed E-state index contributed by atoms with van der Waals surface area (Å²) >= 11 is 36.4. The SMILES string of the molecule is COC(=O)[C@H](Cc1ccc(O)cc1)NC(=O)c1c(Cl)cccc1Cl.COC(=O)[C@H](Cc1ccc(O[C@@H]2CCN(C(=O)OC(C)(C)C)C2)cc1)NC(=O)c1c(Cl)cccc1Cl.COC(=O)[C@H](Cc1ccc(O[C@@H]2CCNC2)cc1)NC(=O)c1c(Cl)cccc1Cl. The van der Waals surface area contributed by atoms with E-state index in [0.717, 1.165) is 42.0 Å². The third kappa shape index (κ3) is 21.6. The molecule has 474 valence electrons. The molecule has 0 radical (unpaired) electrons. The summed E-state index contributed by atoms with van der Waals surface area (Å²) in [6.45, 7) is 8.29. The van der Waals surface area contributed by atoms with Crippen LogP contribution in [0.3, 0.4) is 0 Å². The van der Waals surface area contributed by atoms with Crippen LogP contribution in [-0.2, 0) is 52.6 Å². The van der Waals surface area contributed by atoms with Crippen molar-refractivity contribution in [3.05, 3.63) is 191 Å². The highest BCUT2D eigenvalue weighted by Crippen LogP contribution is 2.28. The number of carbonyl (C=O) groups is 7. The van der Waals surface area contributed by atoms with Crippen molar-refractivity contribution >= 4 is 111 Å². The molecule has 2 aliphatic rings. The molecule has 25 heteroatoms. The number of aromatic hydroxyl groups is 1. The molecule has 19 nitrogen and oxygen atoms in total. The quantitative estimate of drug-likeness (QED) is 0.0374. The van der Waals surface area contributed by atoms with Gasteiger partial charge < -0.3 is 59.7 Å². The highest BCUT2D eigenvalue weighted by atomic mass is 35.5. The molecular formula is C64H67Cl6N5O14. The van der Waals surface area contributed by atoms with E-state index in [1.165, 1.54) is 45.6 Å². The number of likely N-dealkylation sites (tertiary alicyclic amines) is 1. The first-order valence-corrected chi connectivity index (χ1v) is 30.1. The van der Waals surface area contributed by atoms with Crippen LogP contribution >= 0.6 is 69.6 Å². The van der Waals surface area contributed by atoms with Crippen LogP contribution in [0.5, 0.6) is 17.2 Å². The van der Waals surface area contributed by atoms with Crippen molar-refractivity contribution in [3.8, 4) is 17.2 Å². The van der Waals surface area contributed by atoms with E-state index in [4.69, 9.17) is 98.0 Å². The zero-order valence-electron chi connectivity index (χ0n) is 49.3. The van der Waals surface area contributed by atoms with Gasteiger partial charge in [0.15, 0.2) is 0 Å². The molecule has 2 heterocycles. The summed E-state index contributed by atoms with van der Waals surface area (Å²) in [5.41, 5.74) is 2.14. The second-order valence-electron chi connectivity index (χ2n) is 21.2. The standard InChI is InChI=1S/C26H30Cl2N2O6.C21H22Cl2N2O4.C17H15Cl2NO4/c1-26(2,3)36-25(33)30-13-12-18(15-30)35-17-10-8-16(9-11-17)14-21(24(32)34-4)29-23(31)22-19(27)6-5-7-20(22)28;1-28-21(27)18(25-20(26)19-16(22)3-2-4-17(19)23)11-13-5-7-14(8-6-13)29-15-9-10-24-12-15;1-24-17(23)14(9-10-5-7-11(21)8-6-10)20-16(22)15-12(18)3-2-4-13(15)19/h5-11,18,21H,12-15H2,1-4H3,(H,29,31);2-8,15,18,24H,9-12H2,1H3,(H,25,26);2-8,14,21H,9H2,1H3,(H,20,22)/t18-,21+;15-,18+;14-/m110/s1. The number of amides is 4. The smallest absolute Gasteiger partial charge is 0.410 e. The van der Waals surface area contributed by atoms with E-state index in [0.29, 0.717) is 25.3 Å². The van der Waals surface area contributed by atoms with Crippen molar-refractivity contribution in [2.75, 3.05) is 47.5 Å². The Balaban J connectivity index is 0.000000217. The summed E-state index contributed by atoms with van der Waals surface area (Å²) in [7, 11) is 3.76. The van der Waals surface area contributed by atoms with Gasteiger partial charge in [0.2, 0.25) is 0 Å². The van der Waals surface area contributed by atoms with Crippen molar-refractivity contribution in [3.63, 3.8) is 0 Å². The predicted octanol–water partition coefficient (Wildman–Crippen LogP) is 11.4. The molecule has 8 rings (SSSR count). The third-order valence-corrected chi connectivity index (χ3v) is 15.4. The van der Waals surface area contributed by atoms with Crippen LogP contribution in [0.1, 0.15) is 81.4 Å². The van der Waals surface area contributed by atoms with Gasteiger partial charge in [-0.1, -0.05) is 124 Å². The number of methoxy groups -OCH3 is 3. The Morgan fingerprint density at radius 3 is 1.17 bits per heavy atom. The first kappa shape index (κ1) is 70.6. The van der Waals surface area contributed by atoms with E-state index < -0.39 is 59.4 Å². The maximum absolute atomic E-state index is 12.8. The van der Waals surface area contributed by atoms with Crippen molar-refractivity contribution in [2.45, 2.75) is 88.8 Å². The molecule has 0 unspecified atom stereocenters. The van der Waals surface area contributed by atoms with Gasteiger partial charge in [-0.3, -0.25) is 14.4 Å². The molecule has 6 aromatic rings. The summed E-state index contributed by atoms with van der Waals surface area (Å²) in [4.78, 5) is 88.3. The topological polar surface area (TPSA) is 246 Å².